The molecule has 8 aromatic rings. The molecule has 0 bridgehead atoms. The molecule has 2 aromatic heterocycles. The van der Waals surface area contributed by atoms with Gasteiger partial charge in [0.05, 0.1) is 21.9 Å². The SMILES string of the molecule is c1ccc2c(c1)C1=C(c3ccccc3C13c1ccccc1-c1cc4cccnc4cc13)C21c2ccccc2-c2cc3cccnc3cc21. The summed E-state index contributed by atoms with van der Waals surface area (Å²) in [5.74, 6) is 0. The molecule has 0 radical (unpaired) electrons. The van der Waals surface area contributed by atoms with Crippen molar-refractivity contribution in [3.8, 4) is 22.3 Å². The van der Waals surface area contributed by atoms with Crippen LogP contribution in [-0.2, 0) is 10.8 Å². The Morgan fingerprint density at radius 3 is 1.12 bits per heavy atom. The maximum absolute atomic E-state index is 4.90. The number of nitrogens with zero attached hydrogens (tertiary/aromatic N) is 2. The lowest BCUT2D eigenvalue weighted by molar-refractivity contribution is 0.827. The van der Waals surface area contributed by atoms with Gasteiger partial charge in [0.25, 0.3) is 0 Å². The van der Waals surface area contributed by atoms with Crippen LogP contribution in [-0.4, -0.2) is 9.97 Å². The third-order valence-electron chi connectivity index (χ3n) is 11.7. The van der Waals surface area contributed by atoms with E-state index in [0.29, 0.717) is 0 Å². The second kappa shape index (κ2) is 8.42. The summed E-state index contributed by atoms with van der Waals surface area (Å²) < 4.78 is 0. The van der Waals surface area contributed by atoms with E-state index in [1.165, 1.54) is 88.7 Å². The Bertz CT molecular complexity index is 2610. The maximum Gasteiger partial charge on any atom is 0.0729 e. The fourth-order valence-electron chi connectivity index (χ4n) is 10.2. The number of hydrogen-bond donors (Lipinski definition) is 0. The van der Waals surface area contributed by atoms with Gasteiger partial charge in [-0.2, -0.15) is 0 Å². The zero-order valence-electron chi connectivity index (χ0n) is 25.9. The smallest absolute Gasteiger partial charge is 0.0729 e. The monoisotopic (exact) mass is 606 g/mol. The molecule has 4 aliphatic rings. The Morgan fingerprint density at radius 2 is 0.688 bits per heavy atom. The second-order valence-corrected chi connectivity index (χ2v) is 13.6. The van der Waals surface area contributed by atoms with E-state index in [2.05, 4.69) is 133 Å². The van der Waals surface area contributed by atoms with Crippen molar-refractivity contribution >= 4 is 33.0 Å². The van der Waals surface area contributed by atoms with E-state index in [0.717, 1.165) is 11.0 Å². The van der Waals surface area contributed by atoms with Crippen LogP contribution < -0.4 is 0 Å². The first-order valence-corrected chi connectivity index (χ1v) is 16.7. The number of benzene rings is 6. The molecule has 2 nitrogen and oxygen atoms in total. The van der Waals surface area contributed by atoms with Gasteiger partial charge in [0.2, 0.25) is 0 Å². The minimum Gasteiger partial charge on any atom is -0.256 e. The van der Waals surface area contributed by atoms with Gasteiger partial charge < -0.3 is 0 Å². The number of allylic oxidation sites excluding steroid dienone is 2. The summed E-state index contributed by atoms with van der Waals surface area (Å²) in [5, 5.41) is 2.34. The molecular formula is C46H26N2. The van der Waals surface area contributed by atoms with E-state index in [-0.39, 0.29) is 0 Å². The first kappa shape index (κ1) is 25.0. The van der Waals surface area contributed by atoms with E-state index in [1.54, 1.807) is 0 Å². The van der Waals surface area contributed by atoms with Crippen LogP contribution in [0.3, 0.4) is 0 Å². The van der Waals surface area contributed by atoms with Gasteiger partial charge in [-0.25, -0.2) is 0 Å². The number of hydrogen-bond acceptors (Lipinski definition) is 2. The largest absolute Gasteiger partial charge is 0.256 e. The van der Waals surface area contributed by atoms with Crippen LogP contribution >= 0.6 is 0 Å². The molecule has 2 spiro atoms. The van der Waals surface area contributed by atoms with Gasteiger partial charge in [-0.15, -0.1) is 0 Å². The van der Waals surface area contributed by atoms with Crippen molar-refractivity contribution in [2.24, 2.45) is 0 Å². The normalized spacial score (nSPS) is 20.2. The highest BCUT2D eigenvalue weighted by Gasteiger charge is 2.63. The fourth-order valence-corrected chi connectivity index (χ4v) is 10.2. The molecule has 2 heteroatoms. The van der Waals surface area contributed by atoms with Crippen molar-refractivity contribution in [2.45, 2.75) is 10.8 Å². The Hall–Kier alpha value is -6.12. The van der Waals surface area contributed by atoms with Crippen LogP contribution in [0.4, 0.5) is 0 Å². The van der Waals surface area contributed by atoms with Crippen LogP contribution in [0.2, 0.25) is 0 Å². The lowest BCUT2D eigenvalue weighted by Gasteiger charge is -2.34. The molecule has 0 amide bonds. The second-order valence-electron chi connectivity index (χ2n) is 13.6. The summed E-state index contributed by atoms with van der Waals surface area (Å²) in [7, 11) is 0. The molecule has 2 atom stereocenters. The van der Waals surface area contributed by atoms with Crippen molar-refractivity contribution in [1.29, 1.82) is 0 Å². The summed E-state index contributed by atoms with van der Waals surface area (Å²) in [4.78, 5) is 9.80. The average Bonchev–Trinajstić information content (AvgIpc) is 3.82. The predicted molar refractivity (Wildman–Crippen MR) is 194 cm³/mol. The van der Waals surface area contributed by atoms with Crippen molar-refractivity contribution in [3.63, 3.8) is 0 Å². The van der Waals surface area contributed by atoms with Crippen LogP contribution in [0.15, 0.2) is 158 Å². The minimum atomic E-state index is -0.490. The van der Waals surface area contributed by atoms with Crippen LogP contribution in [0, 0.1) is 0 Å². The maximum atomic E-state index is 4.90. The zero-order chi connectivity index (χ0) is 31.2. The summed E-state index contributed by atoms with van der Waals surface area (Å²) >= 11 is 0. The zero-order valence-corrected chi connectivity index (χ0v) is 25.9. The van der Waals surface area contributed by atoms with Crippen LogP contribution in [0.1, 0.15) is 44.5 Å². The van der Waals surface area contributed by atoms with E-state index in [9.17, 15) is 0 Å². The molecule has 2 unspecified atom stereocenters. The Kier molecular flexibility index (Phi) is 4.39. The molecule has 4 aliphatic carbocycles. The molecule has 6 aromatic carbocycles. The molecule has 0 saturated heterocycles. The van der Waals surface area contributed by atoms with Crippen molar-refractivity contribution in [2.75, 3.05) is 0 Å². The highest BCUT2D eigenvalue weighted by molar-refractivity contribution is 6.20. The molecule has 0 N–H and O–H groups in total. The average molecular weight is 607 g/mol. The third kappa shape index (κ3) is 2.61. The van der Waals surface area contributed by atoms with E-state index in [4.69, 9.17) is 9.97 Å². The molecule has 0 aliphatic heterocycles. The van der Waals surface area contributed by atoms with Crippen LogP contribution in [0.25, 0.3) is 55.2 Å². The van der Waals surface area contributed by atoms with Gasteiger partial charge in [-0.05, 0) is 114 Å². The first-order chi connectivity index (χ1) is 23.8. The number of rotatable bonds is 0. The number of fused-ring (bicyclic) bond motifs is 20. The van der Waals surface area contributed by atoms with Gasteiger partial charge in [-0.3, -0.25) is 9.97 Å². The van der Waals surface area contributed by atoms with Gasteiger partial charge in [0.15, 0.2) is 0 Å². The molecule has 12 rings (SSSR count). The number of aromatic nitrogens is 2. The van der Waals surface area contributed by atoms with Crippen LogP contribution in [0.5, 0.6) is 0 Å². The summed E-state index contributed by atoms with van der Waals surface area (Å²) in [6.45, 7) is 0. The molecular weight excluding hydrogens is 581 g/mol. The summed E-state index contributed by atoms with van der Waals surface area (Å²) in [6.07, 6.45) is 3.84. The first-order valence-electron chi connectivity index (χ1n) is 16.7. The molecule has 2 heterocycles. The van der Waals surface area contributed by atoms with Gasteiger partial charge in [0.1, 0.15) is 0 Å². The fraction of sp³-hybridized carbons (Fsp3) is 0.0435. The predicted octanol–water partition coefficient (Wildman–Crippen LogP) is 10.4. The lowest BCUT2D eigenvalue weighted by atomic mass is 9.66. The quantitative estimate of drug-likeness (QED) is 0.172. The molecule has 0 saturated carbocycles. The van der Waals surface area contributed by atoms with Crippen molar-refractivity contribution < 1.29 is 0 Å². The minimum absolute atomic E-state index is 0.490. The van der Waals surface area contributed by atoms with Gasteiger partial charge >= 0.3 is 0 Å². The van der Waals surface area contributed by atoms with Gasteiger partial charge in [0, 0.05) is 23.2 Å². The van der Waals surface area contributed by atoms with Gasteiger partial charge in [-0.1, -0.05) is 109 Å². The molecule has 220 valence electrons. The third-order valence-corrected chi connectivity index (χ3v) is 11.7. The van der Waals surface area contributed by atoms with Crippen molar-refractivity contribution in [1.82, 2.24) is 9.97 Å². The topological polar surface area (TPSA) is 25.8 Å². The van der Waals surface area contributed by atoms with E-state index in [1.807, 2.05) is 24.5 Å². The molecule has 0 fully saturated rings. The summed E-state index contributed by atoms with van der Waals surface area (Å²) in [5.41, 5.74) is 19.8. The number of pyridine rings is 2. The van der Waals surface area contributed by atoms with Crippen molar-refractivity contribution in [3.05, 3.63) is 202 Å². The standard InChI is InChI=1S/C46H26N2/c1-5-17-35-29(13-1)33-23-27-11-9-21-47-41(27)25-39(33)45(35)37-19-7-3-15-31(37)44-43(45)32-16-4-8-20-38(32)46(44)36-18-6-2-14-30(36)34-24-28-12-10-22-48-42(28)26-40(34)46/h1-26H. The molecule has 48 heavy (non-hydrogen) atoms. The Labute approximate surface area is 277 Å². The lowest BCUT2D eigenvalue weighted by Crippen LogP contribution is -2.28. The highest BCUT2D eigenvalue weighted by atomic mass is 14.7. The van der Waals surface area contributed by atoms with E-state index < -0.39 is 10.8 Å². The van der Waals surface area contributed by atoms with E-state index >= 15 is 0 Å². The Morgan fingerprint density at radius 1 is 0.312 bits per heavy atom. The highest BCUT2D eigenvalue weighted by Crippen LogP contribution is 2.74. The Balaban J connectivity index is 1.32. The summed E-state index contributed by atoms with van der Waals surface area (Å²) in [6, 6.07) is 54.7.